The lowest BCUT2D eigenvalue weighted by atomic mass is 10.2. The van der Waals surface area contributed by atoms with Crippen molar-refractivity contribution < 1.29 is 23.1 Å². The van der Waals surface area contributed by atoms with E-state index in [-0.39, 0.29) is 24.8 Å². The number of hydrogen-bond acceptors (Lipinski definition) is 5. The number of hydrazone groups is 1. The number of nitrogens with zero attached hydrogens (tertiary/aromatic N) is 2. The van der Waals surface area contributed by atoms with E-state index in [0.29, 0.717) is 21.7 Å². The third-order valence-electron chi connectivity index (χ3n) is 6.25. The highest BCUT2D eigenvalue weighted by Gasteiger charge is 2.11. The SMILES string of the molecule is Cc1ccc(C)n1-c1ccc(OCc2ccc(C(=O)N/N=C/c3ccc(OCc4cccc(F)c4)c(Br)c3)o2)cc1. The standard InChI is InChI=1S/C32H27BrFN3O4/c1-21-6-7-22(2)37(21)26-9-11-27(12-10-26)39-20-28-13-15-31(41-28)32(38)36-35-18-23-8-14-30(29(33)17-23)40-19-24-4-3-5-25(34)16-24/h3-18H,19-20H2,1-2H3,(H,36,38)/b35-18+. The monoisotopic (exact) mass is 615 g/mol. The fraction of sp³-hybridized carbons (Fsp3) is 0.125. The Hall–Kier alpha value is -4.63. The summed E-state index contributed by atoms with van der Waals surface area (Å²) in [6, 6.07) is 26.8. The van der Waals surface area contributed by atoms with Gasteiger partial charge in [0, 0.05) is 17.1 Å². The van der Waals surface area contributed by atoms with E-state index in [1.54, 1.807) is 42.5 Å². The predicted molar refractivity (Wildman–Crippen MR) is 158 cm³/mol. The third-order valence-corrected chi connectivity index (χ3v) is 6.87. The Kier molecular flexibility index (Phi) is 8.64. The van der Waals surface area contributed by atoms with Crippen LogP contribution in [-0.2, 0) is 13.2 Å². The van der Waals surface area contributed by atoms with Crippen molar-refractivity contribution >= 4 is 28.1 Å². The molecular weight excluding hydrogens is 589 g/mol. The number of ether oxygens (including phenoxy) is 2. The third kappa shape index (κ3) is 7.12. The van der Waals surface area contributed by atoms with Crippen LogP contribution >= 0.6 is 15.9 Å². The summed E-state index contributed by atoms with van der Waals surface area (Å²) in [6.45, 7) is 4.55. The molecule has 2 aromatic heterocycles. The summed E-state index contributed by atoms with van der Waals surface area (Å²) in [7, 11) is 0. The van der Waals surface area contributed by atoms with E-state index in [0.717, 1.165) is 28.2 Å². The number of aryl methyl sites for hydroxylation is 2. The Morgan fingerprint density at radius 2 is 1.73 bits per heavy atom. The first-order valence-corrected chi connectivity index (χ1v) is 13.6. The molecular formula is C32H27BrFN3O4. The van der Waals surface area contributed by atoms with E-state index in [9.17, 15) is 9.18 Å². The van der Waals surface area contributed by atoms with Crippen molar-refractivity contribution in [2.75, 3.05) is 0 Å². The molecule has 208 valence electrons. The molecule has 0 aliphatic heterocycles. The van der Waals surface area contributed by atoms with Gasteiger partial charge in [-0.1, -0.05) is 12.1 Å². The summed E-state index contributed by atoms with van der Waals surface area (Å²) in [5.74, 6) is 1.14. The van der Waals surface area contributed by atoms with Crippen molar-refractivity contribution in [1.82, 2.24) is 9.99 Å². The predicted octanol–water partition coefficient (Wildman–Crippen LogP) is 7.51. The maximum absolute atomic E-state index is 13.4. The lowest BCUT2D eigenvalue weighted by Crippen LogP contribution is -2.16. The van der Waals surface area contributed by atoms with Gasteiger partial charge in [-0.25, -0.2) is 9.82 Å². The van der Waals surface area contributed by atoms with Gasteiger partial charge >= 0.3 is 5.91 Å². The number of aromatic nitrogens is 1. The van der Waals surface area contributed by atoms with Gasteiger partial charge in [0.25, 0.3) is 0 Å². The van der Waals surface area contributed by atoms with Crippen LogP contribution in [0.25, 0.3) is 5.69 Å². The quantitative estimate of drug-likeness (QED) is 0.130. The zero-order valence-electron chi connectivity index (χ0n) is 22.4. The van der Waals surface area contributed by atoms with Gasteiger partial charge in [-0.15, -0.1) is 0 Å². The van der Waals surface area contributed by atoms with E-state index in [1.807, 2.05) is 24.3 Å². The maximum Gasteiger partial charge on any atom is 0.307 e. The summed E-state index contributed by atoms with van der Waals surface area (Å²) >= 11 is 3.47. The molecule has 0 spiro atoms. The molecule has 0 unspecified atom stereocenters. The number of nitrogens with one attached hydrogen (secondary N) is 1. The fourth-order valence-electron chi connectivity index (χ4n) is 4.22. The largest absolute Gasteiger partial charge is 0.488 e. The van der Waals surface area contributed by atoms with Crippen LogP contribution in [0.15, 0.2) is 105 Å². The first-order chi connectivity index (χ1) is 19.9. The van der Waals surface area contributed by atoms with Gasteiger partial charge in [0.15, 0.2) is 5.76 Å². The number of amides is 1. The molecule has 0 saturated carbocycles. The second-order valence-corrected chi connectivity index (χ2v) is 10.2. The van der Waals surface area contributed by atoms with Gasteiger partial charge in [-0.3, -0.25) is 4.79 Å². The van der Waals surface area contributed by atoms with Crippen molar-refractivity contribution in [3.05, 3.63) is 135 Å². The highest BCUT2D eigenvalue weighted by Crippen LogP contribution is 2.26. The molecule has 0 saturated heterocycles. The van der Waals surface area contributed by atoms with Gasteiger partial charge in [-0.05, 0) is 120 Å². The molecule has 0 radical (unpaired) electrons. The van der Waals surface area contributed by atoms with Crippen LogP contribution in [0.1, 0.15) is 38.8 Å². The molecule has 1 amide bonds. The Bertz CT molecular complexity index is 1670. The summed E-state index contributed by atoms with van der Waals surface area (Å²) in [4.78, 5) is 12.5. The number of rotatable bonds is 10. The summed E-state index contributed by atoms with van der Waals surface area (Å²) in [5.41, 5.74) is 7.31. The molecule has 3 aromatic carbocycles. The highest BCUT2D eigenvalue weighted by atomic mass is 79.9. The van der Waals surface area contributed by atoms with E-state index >= 15 is 0 Å². The van der Waals surface area contributed by atoms with Crippen molar-refractivity contribution in [3.8, 4) is 17.2 Å². The van der Waals surface area contributed by atoms with Crippen molar-refractivity contribution in [3.63, 3.8) is 0 Å². The fourth-order valence-corrected chi connectivity index (χ4v) is 4.73. The normalized spacial score (nSPS) is 11.1. The van der Waals surface area contributed by atoms with Crippen LogP contribution in [-0.4, -0.2) is 16.7 Å². The van der Waals surface area contributed by atoms with Crippen LogP contribution in [0, 0.1) is 19.7 Å². The van der Waals surface area contributed by atoms with E-state index in [1.165, 1.54) is 18.3 Å². The van der Waals surface area contributed by atoms with E-state index in [2.05, 4.69) is 57.0 Å². The molecule has 1 N–H and O–H groups in total. The molecule has 0 aliphatic rings. The van der Waals surface area contributed by atoms with Crippen molar-refractivity contribution in [2.45, 2.75) is 27.1 Å². The van der Waals surface area contributed by atoms with Gasteiger partial charge in [0.1, 0.15) is 36.3 Å². The summed E-state index contributed by atoms with van der Waals surface area (Å²) in [6.07, 6.45) is 1.51. The Morgan fingerprint density at radius 1 is 0.951 bits per heavy atom. The summed E-state index contributed by atoms with van der Waals surface area (Å²) < 4.78 is 33.4. The molecule has 9 heteroatoms. The number of carbonyl (C=O) groups is 1. The van der Waals surface area contributed by atoms with Gasteiger partial charge in [-0.2, -0.15) is 5.10 Å². The van der Waals surface area contributed by atoms with Crippen LogP contribution in [0.3, 0.4) is 0 Å². The Labute approximate surface area is 245 Å². The number of benzene rings is 3. The Morgan fingerprint density at radius 3 is 2.46 bits per heavy atom. The first-order valence-electron chi connectivity index (χ1n) is 12.8. The van der Waals surface area contributed by atoms with Crippen molar-refractivity contribution in [1.29, 1.82) is 0 Å². The number of carbonyl (C=O) groups excluding carboxylic acids is 1. The zero-order valence-corrected chi connectivity index (χ0v) is 24.0. The lowest BCUT2D eigenvalue weighted by Gasteiger charge is -2.10. The van der Waals surface area contributed by atoms with Gasteiger partial charge in [0.05, 0.1) is 10.7 Å². The minimum Gasteiger partial charge on any atom is -0.488 e. The zero-order chi connectivity index (χ0) is 28.8. The molecule has 7 nitrogen and oxygen atoms in total. The number of furan rings is 1. The second kappa shape index (κ2) is 12.7. The van der Waals surface area contributed by atoms with Crippen LogP contribution in [0.4, 0.5) is 4.39 Å². The molecule has 0 aliphatic carbocycles. The van der Waals surface area contributed by atoms with Crippen LogP contribution in [0.2, 0.25) is 0 Å². The van der Waals surface area contributed by atoms with Gasteiger partial charge in [0.2, 0.25) is 0 Å². The van der Waals surface area contributed by atoms with E-state index in [4.69, 9.17) is 13.9 Å². The molecule has 0 atom stereocenters. The minimum atomic E-state index is -0.483. The smallest absolute Gasteiger partial charge is 0.307 e. The molecule has 5 rings (SSSR count). The Balaban J connectivity index is 1.10. The minimum absolute atomic E-state index is 0.122. The highest BCUT2D eigenvalue weighted by molar-refractivity contribution is 9.10. The average molecular weight is 616 g/mol. The summed E-state index contributed by atoms with van der Waals surface area (Å²) in [5, 5.41) is 4.02. The van der Waals surface area contributed by atoms with Crippen LogP contribution < -0.4 is 14.9 Å². The van der Waals surface area contributed by atoms with Crippen molar-refractivity contribution in [2.24, 2.45) is 5.10 Å². The lowest BCUT2D eigenvalue weighted by molar-refractivity contribution is 0.0923. The van der Waals surface area contributed by atoms with Gasteiger partial charge < -0.3 is 18.5 Å². The molecule has 0 fully saturated rings. The average Bonchev–Trinajstić information content (AvgIpc) is 3.58. The molecule has 0 bridgehead atoms. The topological polar surface area (TPSA) is 78.0 Å². The number of hydrogen-bond donors (Lipinski definition) is 1. The first kappa shape index (κ1) is 27.9. The molecule has 2 heterocycles. The number of halogens is 2. The molecule has 41 heavy (non-hydrogen) atoms. The van der Waals surface area contributed by atoms with Crippen LogP contribution in [0.5, 0.6) is 11.5 Å². The maximum atomic E-state index is 13.4. The molecule has 5 aromatic rings. The van der Waals surface area contributed by atoms with E-state index < -0.39 is 5.91 Å². The second-order valence-electron chi connectivity index (χ2n) is 9.31.